The van der Waals surface area contributed by atoms with Crippen LogP contribution in [0.4, 0.5) is 0 Å². The molecule has 3 atom stereocenters. The van der Waals surface area contributed by atoms with Crippen molar-refractivity contribution < 1.29 is 32.9 Å². The van der Waals surface area contributed by atoms with E-state index in [-0.39, 0.29) is 19.1 Å². The van der Waals surface area contributed by atoms with E-state index >= 15 is 0 Å². The van der Waals surface area contributed by atoms with Gasteiger partial charge in [-0.2, -0.15) is 0 Å². The number of phosphoric acid groups is 1. The molecule has 3 unspecified atom stereocenters. The number of nitrogens with one attached hydrogen (secondary N) is 1. The number of aliphatic hydroxyl groups is 1. The average Bonchev–Trinajstić information content (AvgIpc) is 3.36. The zero-order chi connectivity index (χ0) is 54.2. The third-order valence-corrected chi connectivity index (χ3v) is 13.4. The van der Waals surface area contributed by atoms with Gasteiger partial charge >= 0.3 is 7.82 Å². The molecule has 0 saturated heterocycles. The summed E-state index contributed by atoms with van der Waals surface area (Å²) in [6.07, 6.45) is 82.3. The summed E-state index contributed by atoms with van der Waals surface area (Å²) in [6.45, 7) is 4.74. The van der Waals surface area contributed by atoms with Crippen LogP contribution in [0.3, 0.4) is 0 Å². The van der Waals surface area contributed by atoms with Gasteiger partial charge in [0, 0.05) is 6.42 Å². The summed E-state index contributed by atoms with van der Waals surface area (Å²) in [4.78, 5) is 23.3. The molecule has 0 heterocycles. The first-order valence-corrected chi connectivity index (χ1v) is 31.0. The second kappa shape index (κ2) is 54.4. The fourth-order valence-corrected chi connectivity index (χ4v) is 8.55. The minimum Gasteiger partial charge on any atom is -0.391 e. The molecule has 1 amide bonds. The molecule has 422 valence electrons. The van der Waals surface area contributed by atoms with Gasteiger partial charge in [-0.3, -0.25) is 13.8 Å². The first-order valence-electron chi connectivity index (χ1n) is 29.5. The van der Waals surface area contributed by atoms with Gasteiger partial charge < -0.3 is 19.8 Å². The van der Waals surface area contributed by atoms with Crippen LogP contribution in [0, 0.1) is 0 Å². The number of allylic oxidation sites excluding steroid dienone is 22. The summed E-state index contributed by atoms with van der Waals surface area (Å²) in [6, 6.07) is -0.780. The number of phosphoric ester groups is 1. The summed E-state index contributed by atoms with van der Waals surface area (Å²) in [7, 11) is 1.58. The van der Waals surface area contributed by atoms with Crippen molar-refractivity contribution in [1.29, 1.82) is 0 Å². The normalized spacial score (nSPS) is 14.9. The lowest BCUT2D eigenvalue weighted by Crippen LogP contribution is -2.46. The van der Waals surface area contributed by atoms with Crippen molar-refractivity contribution in [3.8, 4) is 0 Å². The monoisotopic (exact) mass is 1050 g/mol. The first-order chi connectivity index (χ1) is 36.0. The molecule has 3 N–H and O–H groups in total. The molecule has 9 heteroatoms. The SMILES string of the molecule is CC/C=C\C/C=C\C/C=C\C/C=C\C/C=C\C/C=C\C/C=C\C/C=C\C/C=C\C/C=C\C/C=C\CCCCCCCC(=O)NC(COP(=O)(O)OCC[N+](C)(C)C)C(O)CCCCCCCCCCCCCCC. The van der Waals surface area contributed by atoms with E-state index in [1.54, 1.807) is 0 Å². The molecule has 0 aromatic carbocycles. The van der Waals surface area contributed by atoms with Gasteiger partial charge in [-0.05, 0) is 96.3 Å². The Hall–Kier alpha value is -3.36. The molecular formula is C65H112N2O6P+. The zero-order valence-corrected chi connectivity index (χ0v) is 48.9. The lowest BCUT2D eigenvalue weighted by atomic mass is 10.0. The molecule has 0 aliphatic rings. The fourth-order valence-electron chi connectivity index (χ4n) is 7.81. The maximum absolute atomic E-state index is 13.0. The summed E-state index contributed by atoms with van der Waals surface area (Å²) < 4.78 is 23.7. The summed E-state index contributed by atoms with van der Waals surface area (Å²) in [5, 5.41) is 14.0. The summed E-state index contributed by atoms with van der Waals surface area (Å²) >= 11 is 0. The Morgan fingerprint density at radius 3 is 1.19 bits per heavy atom. The minimum absolute atomic E-state index is 0.0637. The fraction of sp³-hybridized carbons (Fsp3) is 0.646. The van der Waals surface area contributed by atoms with Crippen LogP contribution in [0.2, 0.25) is 0 Å². The Kier molecular flexibility index (Phi) is 52.0. The number of rotatable bonds is 52. The van der Waals surface area contributed by atoms with E-state index in [0.29, 0.717) is 23.9 Å². The number of aliphatic hydroxyl groups excluding tert-OH is 1. The van der Waals surface area contributed by atoms with Gasteiger partial charge in [0.25, 0.3) is 0 Å². The van der Waals surface area contributed by atoms with E-state index in [0.717, 1.165) is 128 Å². The van der Waals surface area contributed by atoms with Gasteiger partial charge in [0.2, 0.25) is 5.91 Å². The second-order valence-corrected chi connectivity index (χ2v) is 22.1. The molecule has 0 aromatic heterocycles. The van der Waals surface area contributed by atoms with Crippen LogP contribution in [0.1, 0.15) is 219 Å². The Morgan fingerprint density at radius 1 is 0.473 bits per heavy atom. The number of nitrogens with zero attached hydrogens (tertiary/aromatic N) is 1. The van der Waals surface area contributed by atoms with Gasteiger partial charge in [0.1, 0.15) is 13.2 Å². The van der Waals surface area contributed by atoms with Crippen molar-refractivity contribution in [3.05, 3.63) is 134 Å². The molecule has 0 bridgehead atoms. The number of likely N-dealkylation sites (N-methyl/N-ethyl adjacent to an activating group) is 1. The van der Waals surface area contributed by atoms with Crippen molar-refractivity contribution in [3.63, 3.8) is 0 Å². The molecular weight excluding hydrogens is 936 g/mol. The smallest absolute Gasteiger partial charge is 0.391 e. The Morgan fingerprint density at radius 2 is 0.811 bits per heavy atom. The number of carbonyl (C=O) groups excluding carboxylic acids is 1. The quantitative estimate of drug-likeness (QED) is 0.0243. The van der Waals surface area contributed by atoms with E-state index in [2.05, 4.69) is 153 Å². The molecule has 0 saturated carbocycles. The van der Waals surface area contributed by atoms with Crippen LogP contribution in [0.25, 0.3) is 0 Å². The van der Waals surface area contributed by atoms with Gasteiger partial charge in [-0.15, -0.1) is 0 Å². The van der Waals surface area contributed by atoms with Gasteiger partial charge in [0.15, 0.2) is 0 Å². The molecule has 0 fully saturated rings. The predicted octanol–water partition coefficient (Wildman–Crippen LogP) is 18.3. The van der Waals surface area contributed by atoms with Crippen LogP contribution in [0.5, 0.6) is 0 Å². The lowest BCUT2D eigenvalue weighted by molar-refractivity contribution is -0.870. The van der Waals surface area contributed by atoms with E-state index < -0.39 is 20.0 Å². The molecule has 8 nitrogen and oxygen atoms in total. The topological polar surface area (TPSA) is 105 Å². The molecule has 0 aliphatic carbocycles. The molecule has 74 heavy (non-hydrogen) atoms. The largest absolute Gasteiger partial charge is 0.472 e. The van der Waals surface area contributed by atoms with Crippen LogP contribution in [0.15, 0.2) is 134 Å². The predicted molar refractivity (Wildman–Crippen MR) is 322 cm³/mol. The molecule has 0 aliphatic heterocycles. The number of unbranched alkanes of at least 4 members (excludes halogenated alkanes) is 17. The van der Waals surface area contributed by atoms with Crippen LogP contribution in [-0.2, 0) is 18.4 Å². The second-order valence-electron chi connectivity index (χ2n) is 20.6. The maximum atomic E-state index is 13.0. The van der Waals surface area contributed by atoms with E-state index in [9.17, 15) is 19.4 Å². The molecule has 0 aromatic rings. The van der Waals surface area contributed by atoms with E-state index in [4.69, 9.17) is 9.05 Å². The third-order valence-electron chi connectivity index (χ3n) is 12.4. The van der Waals surface area contributed by atoms with Crippen molar-refractivity contribution in [2.75, 3.05) is 40.9 Å². The third kappa shape index (κ3) is 56.4. The Labute approximate surface area is 456 Å². The lowest BCUT2D eigenvalue weighted by Gasteiger charge is -2.26. The Bertz CT molecular complexity index is 1660. The van der Waals surface area contributed by atoms with Gasteiger partial charge in [0.05, 0.1) is 39.9 Å². The first kappa shape index (κ1) is 70.6. The summed E-state index contributed by atoms with van der Waals surface area (Å²) in [5.41, 5.74) is 0. The minimum atomic E-state index is -4.33. The van der Waals surface area contributed by atoms with Crippen molar-refractivity contribution in [1.82, 2.24) is 5.32 Å². The van der Waals surface area contributed by atoms with Crippen LogP contribution < -0.4 is 5.32 Å². The number of amides is 1. The van der Waals surface area contributed by atoms with Crippen molar-refractivity contribution in [2.24, 2.45) is 0 Å². The zero-order valence-electron chi connectivity index (χ0n) is 48.0. The number of quaternary nitrogens is 1. The van der Waals surface area contributed by atoms with E-state index in [1.807, 2.05) is 21.1 Å². The molecule has 0 rings (SSSR count). The molecule has 0 spiro atoms. The van der Waals surface area contributed by atoms with E-state index in [1.165, 1.54) is 64.2 Å². The summed E-state index contributed by atoms with van der Waals surface area (Å²) in [5.74, 6) is -0.169. The van der Waals surface area contributed by atoms with Gasteiger partial charge in [-0.1, -0.05) is 250 Å². The van der Waals surface area contributed by atoms with Crippen molar-refractivity contribution >= 4 is 13.7 Å². The standard InChI is InChI=1S/C65H111N2O6P/c1-6-8-10-12-14-16-18-20-21-22-23-24-25-26-27-28-29-30-31-32-33-34-35-36-37-38-39-40-41-42-43-44-45-47-49-51-53-55-57-59-65(69)66-63(62-73-74(70,71)72-61-60-67(3,4)5)64(68)58-56-54-52-50-48-46-19-17-15-13-11-9-7-2/h8,10,14,16,20-21,23-24,26-27,29-30,32-33,35-36,38-39,41-42,44-45,63-64,68H,6-7,9,11-13,15,17-19,22,25,28,31,34,37,40,43,46-62H2,1-5H3,(H-,66,69,70,71)/p+1/b10-8-,16-14-,21-20-,24-23-,27-26-,30-29-,33-32-,36-35-,39-38-,42-41-,45-44-. The highest BCUT2D eigenvalue weighted by molar-refractivity contribution is 7.47. The van der Waals surface area contributed by atoms with Gasteiger partial charge in [-0.25, -0.2) is 4.57 Å². The number of hydrogen-bond acceptors (Lipinski definition) is 5. The number of hydrogen-bond donors (Lipinski definition) is 3. The van der Waals surface area contributed by atoms with Crippen LogP contribution in [-0.4, -0.2) is 73.4 Å². The highest BCUT2D eigenvalue weighted by atomic mass is 31.2. The van der Waals surface area contributed by atoms with Crippen LogP contribution >= 0.6 is 7.82 Å². The average molecular weight is 1050 g/mol. The number of carbonyl (C=O) groups is 1. The Balaban J connectivity index is 4.16. The maximum Gasteiger partial charge on any atom is 0.472 e. The van der Waals surface area contributed by atoms with Crippen molar-refractivity contribution in [2.45, 2.75) is 231 Å². The highest BCUT2D eigenvalue weighted by Crippen LogP contribution is 2.43. The highest BCUT2D eigenvalue weighted by Gasteiger charge is 2.28. The molecule has 0 radical (unpaired) electrons.